The van der Waals surface area contributed by atoms with Gasteiger partial charge in [0.1, 0.15) is 0 Å². The molecule has 1 aromatic rings. The van der Waals surface area contributed by atoms with Gasteiger partial charge >= 0.3 is 0 Å². The lowest BCUT2D eigenvalue weighted by Gasteiger charge is -2.43. The molecule has 3 aliphatic rings. The fourth-order valence-corrected chi connectivity index (χ4v) is 4.95. The van der Waals surface area contributed by atoms with E-state index in [-0.39, 0.29) is 5.91 Å². The molecule has 1 aromatic heterocycles. The van der Waals surface area contributed by atoms with Crippen molar-refractivity contribution in [3.8, 4) is 0 Å². The number of hydrogen-bond acceptors (Lipinski definition) is 5. The Morgan fingerprint density at radius 3 is 2.35 bits per heavy atom. The number of hydrogen-bond donors (Lipinski definition) is 0. The highest BCUT2D eigenvalue weighted by atomic mass is 32.1. The second-order valence-electron chi connectivity index (χ2n) is 6.57. The van der Waals surface area contributed by atoms with Gasteiger partial charge in [0.05, 0.1) is 18.6 Å². The summed E-state index contributed by atoms with van der Waals surface area (Å²) in [5.41, 5.74) is -0.395. The summed E-state index contributed by atoms with van der Waals surface area (Å²) >= 11 is 1.69. The summed E-state index contributed by atoms with van der Waals surface area (Å²) < 4.78 is 17.1. The minimum Gasteiger partial charge on any atom is -0.381 e. The third-order valence-corrected chi connectivity index (χ3v) is 6.45. The molecule has 1 amide bonds. The number of thiophene rings is 1. The first-order valence-corrected chi connectivity index (χ1v) is 9.31. The second-order valence-corrected chi connectivity index (χ2v) is 7.52. The summed E-state index contributed by atoms with van der Waals surface area (Å²) in [5.74, 6) is -0.168. The molecule has 3 fully saturated rings. The van der Waals surface area contributed by atoms with Gasteiger partial charge in [-0.2, -0.15) is 0 Å². The van der Waals surface area contributed by atoms with E-state index in [9.17, 15) is 4.79 Å². The van der Waals surface area contributed by atoms with Gasteiger partial charge in [0.25, 0.3) is 0 Å². The summed E-state index contributed by atoms with van der Waals surface area (Å²) in [5, 5.41) is 2.06. The van der Waals surface area contributed by atoms with Crippen LogP contribution in [0.4, 0.5) is 0 Å². The Morgan fingerprint density at radius 1 is 1.04 bits per heavy atom. The summed E-state index contributed by atoms with van der Waals surface area (Å²) in [6.07, 6.45) is 3.10. The standard InChI is InChI=1S/C17H23NO4S/c19-15(18-7-3-17(4-8-18)21-11-12-22-17)16(5-9-20-10-6-16)14-2-1-13-23-14/h1-2,13H,3-12H2. The van der Waals surface area contributed by atoms with E-state index in [1.165, 1.54) is 4.88 Å². The normalized spacial score (nSPS) is 26.5. The van der Waals surface area contributed by atoms with Crippen LogP contribution in [0.3, 0.4) is 0 Å². The highest BCUT2D eigenvalue weighted by molar-refractivity contribution is 7.10. The molecule has 6 heteroatoms. The molecule has 0 aromatic carbocycles. The number of amides is 1. The van der Waals surface area contributed by atoms with E-state index in [4.69, 9.17) is 14.2 Å². The van der Waals surface area contributed by atoms with E-state index in [0.29, 0.717) is 39.5 Å². The van der Waals surface area contributed by atoms with Gasteiger partial charge in [-0.25, -0.2) is 0 Å². The Bertz CT molecular complexity index is 537. The average Bonchev–Trinajstić information content (AvgIpc) is 3.28. The number of rotatable bonds is 2. The molecule has 3 aliphatic heterocycles. The quantitative estimate of drug-likeness (QED) is 0.830. The molecule has 5 nitrogen and oxygen atoms in total. The van der Waals surface area contributed by atoms with Crippen LogP contribution >= 0.6 is 11.3 Å². The number of carbonyl (C=O) groups excluding carboxylic acids is 1. The highest BCUT2D eigenvalue weighted by Gasteiger charge is 2.48. The minimum absolute atomic E-state index is 0.260. The molecular weight excluding hydrogens is 314 g/mol. The van der Waals surface area contributed by atoms with Crippen molar-refractivity contribution in [3.05, 3.63) is 22.4 Å². The molecule has 0 saturated carbocycles. The minimum atomic E-state index is -0.428. The Balaban J connectivity index is 1.52. The zero-order valence-corrected chi connectivity index (χ0v) is 14.1. The molecule has 3 saturated heterocycles. The van der Waals surface area contributed by atoms with Gasteiger partial charge in [0.15, 0.2) is 5.79 Å². The van der Waals surface area contributed by atoms with Crippen LogP contribution in [0, 0.1) is 0 Å². The van der Waals surface area contributed by atoms with Crippen LogP contribution < -0.4 is 0 Å². The predicted molar refractivity (Wildman–Crippen MR) is 86.5 cm³/mol. The molecule has 4 heterocycles. The summed E-state index contributed by atoms with van der Waals surface area (Å²) in [6.45, 7) is 4.09. The van der Waals surface area contributed by atoms with Gasteiger partial charge < -0.3 is 19.1 Å². The third-order valence-electron chi connectivity index (χ3n) is 5.37. The Morgan fingerprint density at radius 2 is 1.74 bits per heavy atom. The van der Waals surface area contributed by atoms with Crippen LogP contribution in [0.1, 0.15) is 30.6 Å². The maximum Gasteiger partial charge on any atom is 0.234 e. The third kappa shape index (κ3) is 2.71. The van der Waals surface area contributed by atoms with Gasteiger partial charge in [-0.1, -0.05) is 6.07 Å². The first-order valence-electron chi connectivity index (χ1n) is 8.43. The fraction of sp³-hybridized carbons (Fsp3) is 0.706. The van der Waals surface area contributed by atoms with Crippen LogP contribution in [-0.4, -0.2) is 56.1 Å². The first-order chi connectivity index (χ1) is 11.2. The van der Waals surface area contributed by atoms with Crippen molar-refractivity contribution in [2.45, 2.75) is 36.9 Å². The van der Waals surface area contributed by atoms with E-state index in [1.54, 1.807) is 11.3 Å². The molecule has 0 atom stereocenters. The van der Waals surface area contributed by atoms with Crippen molar-refractivity contribution < 1.29 is 19.0 Å². The summed E-state index contributed by atoms with van der Waals surface area (Å²) in [7, 11) is 0. The lowest BCUT2D eigenvalue weighted by molar-refractivity contribution is -0.189. The molecule has 0 bridgehead atoms. The Kier molecular flexibility index (Phi) is 4.17. The van der Waals surface area contributed by atoms with Crippen molar-refractivity contribution >= 4 is 17.2 Å². The predicted octanol–water partition coefficient (Wildman–Crippen LogP) is 2.16. The largest absolute Gasteiger partial charge is 0.381 e. The van der Waals surface area contributed by atoms with Crippen molar-refractivity contribution in [3.63, 3.8) is 0 Å². The van der Waals surface area contributed by atoms with Crippen molar-refractivity contribution in [2.75, 3.05) is 39.5 Å². The van der Waals surface area contributed by atoms with Gasteiger partial charge in [0.2, 0.25) is 5.91 Å². The van der Waals surface area contributed by atoms with Crippen LogP contribution in [0.5, 0.6) is 0 Å². The molecule has 126 valence electrons. The van der Waals surface area contributed by atoms with Crippen LogP contribution in [-0.2, 0) is 24.4 Å². The summed E-state index contributed by atoms with van der Waals surface area (Å²) in [6, 6.07) is 4.14. The van der Waals surface area contributed by atoms with Crippen molar-refractivity contribution in [1.82, 2.24) is 4.90 Å². The monoisotopic (exact) mass is 337 g/mol. The molecule has 1 spiro atoms. The molecule has 0 aliphatic carbocycles. The fourth-order valence-electron chi connectivity index (χ4n) is 3.98. The number of ether oxygens (including phenoxy) is 3. The molecule has 0 N–H and O–H groups in total. The van der Waals surface area contributed by atoms with Crippen LogP contribution in [0.15, 0.2) is 17.5 Å². The molecular formula is C17H23NO4S. The molecule has 23 heavy (non-hydrogen) atoms. The van der Waals surface area contributed by atoms with Gasteiger partial charge in [-0.15, -0.1) is 11.3 Å². The highest BCUT2D eigenvalue weighted by Crippen LogP contribution is 2.41. The van der Waals surface area contributed by atoms with Crippen LogP contribution in [0.2, 0.25) is 0 Å². The maximum absolute atomic E-state index is 13.4. The van der Waals surface area contributed by atoms with Crippen molar-refractivity contribution in [1.29, 1.82) is 0 Å². The Labute approximate surface area is 140 Å². The topological polar surface area (TPSA) is 48.0 Å². The smallest absolute Gasteiger partial charge is 0.234 e. The SMILES string of the molecule is O=C(N1CCC2(CC1)OCCO2)C1(c2cccs2)CCOCC1. The van der Waals surface area contributed by atoms with Gasteiger partial charge in [0, 0.05) is 44.0 Å². The maximum atomic E-state index is 13.4. The molecule has 0 unspecified atom stereocenters. The lowest BCUT2D eigenvalue weighted by atomic mass is 9.77. The Hall–Kier alpha value is -0.950. The van der Waals surface area contributed by atoms with E-state index in [0.717, 1.165) is 25.7 Å². The second kappa shape index (κ2) is 6.16. The average molecular weight is 337 g/mol. The van der Waals surface area contributed by atoms with Gasteiger partial charge in [-0.05, 0) is 24.3 Å². The van der Waals surface area contributed by atoms with Crippen molar-refractivity contribution in [2.24, 2.45) is 0 Å². The molecule has 0 radical (unpaired) electrons. The van der Waals surface area contributed by atoms with E-state index in [1.807, 2.05) is 11.0 Å². The first kappa shape index (κ1) is 15.6. The van der Waals surface area contributed by atoms with E-state index in [2.05, 4.69) is 11.4 Å². The van der Waals surface area contributed by atoms with Gasteiger partial charge in [-0.3, -0.25) is 4.79 Å². The zero-order valence-electron chi connectivity index (χ0n) is 13.3. The summed E-state index contributed by atoms with van der Waals surface area (Å²) in [4.78, 5) is 16.6. The lowest BCUT2D eigenvalue weighted by Crippen LogP contribution is -2.54. The number of likely N-dealkylation sites (tertiary alicyclic amines) is 1. The number of piperidine rings is 1. The number of nitrogens with zero attached hydrogens (tertiary/aromatic N) is 1. The number of carbonyl (C=O) groups is 1. The van der Waals surface area contributed by atoms with E-state index >= 15 is 0 Å². The zero-order chi connectivity index (χ0) is 15.8. The van der Waals surface area contributed by atoms with E-state index < -0.39 is 11.2 Å². The molecule has 4 rings (SSSR count). The van der Waals surface area contributed by atoms with Crippen LogP contribution in [0.25, 0.3) is 0 Å².